The molecule has 130 valence electrons. The highest BCUT2D eigenvalue weighted by Gasteiger charge is 2.12. The first-order valence-electron chi connectivity index (χ1n) is 7.76. The molecule has 1 aromatic heterocycles. The normalized spacial score (nSPS) is 12.0. The molecular formula is C16H23N5O2S. The van der Waals surface area contributed by atoms with Gasteiger partial charge in [0.05, 0.1) is 6.10 Å². The van der Waals surface area contributed by atoms with Gasteiger partial charge in [0.25, 0.3) is 0 Å². The SMILES string of the molecule is CN(CC[C@H](O)c1ccccc1)C(=O)NCCSc1nncn1C. The number of aryl methyl sites for hydroxylation is 1. The standard InChI is InChI=1S/C16H23N5O2S/c1-20(10-8-14(22)13-6-4-3-5-7-13)15(23)17-9-11-24-16-19-18-12-21(16)2/h3-7,12,14,22H,8-11H2,1-2H3,(H,17,23)/t14-/m0/s1. The summed E-state index contributed by atoms with van der Waals surface area (Å²) in [6, 6.07) is 9.32. The molecule has 1 heterocycles. The molecule has 0 fully saturated rings. The third kappa shape index (κ3) is 5.54. The van der Waals surface area contributed by atoms with Gasteiger partial charge in [0, 0.05) is 32.9 Å². The fraction of sp³-hybridized carbons (Fsp3) is 0.438. The summed E-state index contributed by atoms with van der Waals surface area (Å²) in [6.07, 6.45) is 1.59. The summed E-state index contributed by atoms with van der Waals surface area (Å²) in [5.41, 5.74) is 0.867. The Morgan fingerprint density at radius 2 is 2.17 bits per heavy atom. The third-order valence-electron chi connectivity index (χ3n) is 3.55. The van der Waals surface area contributed by atoms with Crippen molar-refractivity contribution < 1.29 is 9.90 Å². The molecule has 24 heavy (non-hydrogen) atoms. The molecule has 0 radical (unpaired) electrons. The topological polar surface area (TPSA) is 83.3 Å². The molecule has 2 rings (SSSR count). The van der Waals surface area contributed by atoms with Gasteiger partial charge in [-0.15, -0.1) is 10.2 Å². The zero-order valence-corrected chi connectivity index (χ0v) is 14.7. The molecule has 2 amide bonds. The molecule has 1 atom stereocenters. The van der Waals surface area contributed by atoms with E-state index in [0.29, 0.717) is 19.5 Å². The molecule has 8 heteroatoms. The van der Waals surface area contributed by atoms with Gasteiger partial charge in [-0.2, -0.15) is 0 Å². The van der Waals surface area contributed by atoms with Gasteiger partial charge >= 0.3 is 6.03 Å². The first-order chi connectivity index (χ1) is 11.6. The van der Waals surface area contributed by atoms with Gasteiger partial charge in [0.1, 0.15) is 6.33 Å². The minimum Gasteiger partial charge on any atom is -0.388 e. The van der Waals surface area contributed by atoms with Gasteiger partial charge in [-0.3, -0.25) is 0 Å². The van der Waals surface area contributed by atoms with Crippen LogP contribution in [-0.2, 0) is 7.05 Å². The van der Waals surface area contributed by atoms with Crippen molar-refractivity contribution in [2.75, 3.05) is 25.9 Å². The first-order valence-corrected chi connectivity index (χ1v) is 8.75. The molecule has 0 saturated carbocycles. The van der Waals surface area contributed by atoms with E-state index < -0.39 is 6.10 Å². The van der Waals surface area contributed by atoms with E-state index in [-0.39, 0.29) is 6.03 Å². The largest absolute Gasteiger partial charge is 0.388 e. The Kier molecular flexibility index (Phi) is 7.07. The Morgan fingerprint density at radius 1 is 1.42 bits per heavy atom. The summed E-state index contributed by atoms with van der Waals surface area (Å²) in [5.74, 6) is 0.721. The van der Waals surface area contributed by atoms with Crippen molar-refractivity contribution in [3.8, 4) is 0 Å². The number of amides is 2. The van der Waals surface area contributed by atoms with Crippen LogP contribution >= 0.6 is 11.8 Å². The fourth-order valence-electron chi connectivity index (χ4n) is 2.10. The minimum absolute atomic E-state index is 0.145. The van der Waals surface area contributed by atoms with Crippen molar-refractivity contribution in [1.29, 1.82) is 0 Å². The molecule has 1 aromatic carbocycles. The van der Waals surface area contributed by atoms with Crippen molar-refractivity contribution in [3.63, 3.8) is 0 Å². The number of carbonyl (C=O) groups excluding carboxylic acids is 1. The quantitative estimate of drug-likeness (QED) is 0.559. The average molecular weight is 349 g/mol. The Morgan fingerprint density at radius 3 is 2.83 bits per heavy atom. The lowest BCUT2D eigenvalue weighted by Crippen LogP contribution is -2.39. The predicted molar refractivity (Wildman–Crippen MR) is 93.8 cm³/mol. The van der Waals surface area contributed by atoms with E-state index in [4.69, 9.17) is 0 Å². The van der Waals surface area contributed by atoms with E-state index in [1.807, 2.05) is 41.9 Å². The van der Waals surface area contributed by atoms with Crippen molar-refractivity contribution in [2.24, 2.45) is 7.05 Å². The zero-order chi connectivity index (χ0) is 17.4. The molecular weight excluding hydrogens is 326 g/mol. The maximum Gasteiger partial charge on any atom is 0.317 e. The Hall–Kier alpha value is -2.06. The summed E-state index contributed by atoms with van der Waals surface area (Å²) in [7, 11) is 3.61. The maximum atomic E-state index is 12.0. The summed E-state index contributed by atoms with van der Waals surface area (Å²) in [4.78, 5) is 13.6. The zero-order valence-electron chi connectivity index (χ0n) is 13.9. The number of aromatic nitrogens is 3. The lowest BCUT2D eigenvalue weighted by atomic mass is 10.1. The summed E-state index contributed by atoms with van der Waals surface area (Å²) < 4.78 is 1.84. The van der Waals surface area contributed by atoms with Crippen LogP contribution in [0.5, 0.6) is 0 Å². The number of benzene rings is 1. The number of hydrogen-bond donors (Lipinski definition) is 2. The highest BCUT2D eigenvalue weighted by atomic mass is 32.2. The van der Waals surface area contributed by atoms with Crippen molar-refractivity contribution in [3.05, 3.63) is 42.2 Å². The predicted octanol–water partition coefficient (Wildman–Crippen LogP) is 1.67. The second-order valence-electron chi connectivity index (χ2n) is 5.44. The van der Waals surface area contributed by atoms with Crippen LogP contribution in [0.3, 0.4) is 0 Å². The van der Waals surface area contributed by atoms with E-state index in [9.17, 15) is 9.90 Å². The summed E-state index contributed by atoms with van der Waals surface area (Å²) in [6.45, 7) is 1.03. The Bertz CT molecular complexity index is 634. The average Bonchev–Trinajstić information content (AvgIpc) is 3.01. The number of nitrogens with zero attached hydrogens (tertiary/aromatic N) is 4. The highest BCUT2D eigenvalue weighted by molar-refractivity contribution is 7.99. The summed E-state index contributed by atoms with van der Waals surface area (Å²) in [5, 5.41) is 21.6. The van der Waals surface area contributed by atoms with Crippen LogP contribution in [0.1, 0.15) is 18.1 Å². The fourth-order valence-corrected chi connectivity index (χ4v) is 2.84. The van der Waals surface area contributed by atoms with Gasteiger partial charge in [-0.05, 0) is 12.0 Å². The minimum atomic E-state index is -0.562. The number of aliphatic hydroxyl groups excluding tert-OH is 1. The van der Waals surface area contributed by atoms with Gasteiger partial charge in [0.15, 0.2) is 5.16 Å². The second-order valence-corrected chi connectivity index (χ2v) is 6.50. The van der Waals surface area contributed by atoms with Crippen molar-refractivity contribution >= 4 is 17.8 Å². The van der Waals surface area contributed by atoms with Crippen LogP contribution in [0.2, 0.25) is 0 Å². The van der Waals surface area contributed by atoms with Gasteiger partial charge in [-0.25, -0.2) is 4.79 Å². The first kappa shape index (κ1) is 18.3. The highest BCUT2D eigenvalue weighted by Crippen LogP contribution is 2.16. The number of hydrogen-bond acceptors (Lipinski definition) is 5. The van der Waals surface area contributed by atoms with E-state index in [0.717, 1.165) is 16.5 Å². The maximum absolute atomic E-state index is 12.0. The molecule has 0 spiro atoms. The number of nitrogens with one attached hydrogen (secondary N) is 1. The smallest absolute Gasteiger partial charge is 0.317 e. The van der Waals surface area contributed by atoms with Crippen molar-refractivity contribution in [1.82, 2.24) is 25.0 Å². The Labute approximate surface area is 146 Å². The lowest BCUT2D eigenvalue weighted by molar-refractivity contribution is 0.150. The van der Waals surface area contributed by atoms with Gasteiger partial charge in [-0.1, -0.05) is 42.1 Å². The molecule has 0 aliphatic heterocycles. The lowest BCUT2D eigenvalue weighted by Gasteiger charge is -2.20. The van der Waals surface area contributed by atoms with Gasteiger partial charge < -0.3 is 19.9 Å². The molecule has 0 saturated heterocycles. The van der Waals surface area contributed by atoms with Crippen molar-refractivity contribution in [2.45, 2.75) is 17.7 Å². The van der Waals surface area contributed by atoms with Crippen LogP contribution in [-0.4, -0.2) is 56.7 Å². The van der Waals surface area contributed by atoms with Crippen LogP contribution in [0, 0.1) is 0 Å². The van der Waals surface area contributed by atoms with Crippen LogP contribution in [0.4, 0.5) is 4.79 Å². The molecule has 2 aromatic rings. The molecule has 0 unspecified atom stereocenters. The van der Waals surface area contributed by atoms with Crippen LogP contribution < -0.4 is 5.32 Å². The summed E-state index contributed by atoms with van der Waals surface area (Å²) >= 11 is 1.54. The Balaban J connectivity index is 1.64. The van der Waals surface area contributed by atoms with E-state index >= 15 is 0 Å². The molecule has 2 N–H and O–H groups in total. The van der Waals surface area contributed by atoms with Crippen LogP contribution in [0.15, 0.2) is 41.8 Å². The second kappa shape index (κ2) is 9.29. The van der Waals surface area contributed by atoms with Crippen LogP contribution in [0.25, 0.3) is 0 Å². The van der Waals surface area contributed by atoms with E-state index in [2.05, 4.69) is 15.5 Å². The molecule has 7 nitrogen and oxygen atoms in total. The molecule has 0 aliphatic rings. The monoisotopic (exact) mass is 349 g/mol. The van der Waals surface area contributed by atoms with Gasteiger partial charge in [0.2, 0.25) is 0 Å². The third-order valence-corrected chi connectivity index (χ3v) is 4.58. The van der Waals surface area contributed by atoms with E-state index in [1.165, 1.54) is 11.8 Å². The molecule has 0 bridgehead atoms. The van der Waals surface area contributed by atoms with E-state index in [1.54, 1.807) is 18.3 Å². The number of aliphatic hydroxyl groups is 1. The number of carbonyl (C=O) groups is 1. The number of rotatable bonds is 8. The number of urea groups is 1. The molecule has 0 aliphatic carbocycles. The number of thioether (sulfide) groups is 1.